The zero-order valence-corrected chi connectivity index (χ0v) is 15.1. The molecule has 0 aromatic carbocycles. The summed E-state index contributed by atoms with van der Waals surface area (Å²) in [7, 11) is 3.56. The van der Waals surface area contributed by atoms with Crippen molar-refractivity contribution in [3.63, 3.8) is 0 Å². The van der Waals surface area contributed by atoms with Crippen molar-refractivity contribution in [2.75, 3.05) is 33.8 Å². The fraction of sp³-hybridized carbons (Fsp3) is 0.684. The van der Waals surface area contributed by atoms with Gasteiger partial charge in [-0.25, -0.2) is 0 Å². The molecule has 2 aliphatic rings. The molecule has 1 aromatic rings. The first-order valence-corrected chi connectivity index (χ1v) is 8.99. The minimum absolute atomic E-state index is 0.0518. The number of amides is 1. The number of likely N-dealkylation sites (tertiary alicyclic amines) is 1. The molecule has 0 radical (unpaired) electrons. The van der Waals surface area contributed by atoms with Crippen LogP contribution in [-0.2, 0) is 16.1 Å². The van der Waals surface area contributed by atoms with E-state index in [0.717, 1.165) is 37.4 Å². The summed E-state index contributed by atoms with van der Waals surface area (Å²) >= 11 is 0. The minimum Gasteiger partial charge on any atom is -0.368 e. The molecular formula is C19H29N3O2. The molecule has 1 aliphatic heterocycles. The van der Waals surface area contributed by atoms with Crippen LogP contribution in [0.5, 0.6) is 0 Å². The molecular weight excluding hydrogens is 302 g/mol. The van der Waals surface area contributed by atoms with Crippen LogP contribution in [0.1, 0.15) is 30.7 Å². The van der Waals surface area contributed by atoms with E-state index in [1.54, 1.807) is 19.0 Å². The number of nitrogens with zero attached hydrogens (tertiary/aromatic N) is 3. The van der Waals surface area contributed by atoms with Gasteiger partial charge >= 0.3 is 0 Å². The van der Waals surface area contributed by atoms with Crippen LogP contribution in [0.2, 0.25) is 0 Å². The Balaban J connectivity index is 1.57. The lowest BCUT2D eigenvalue weighted by atomic mass is 9.79. The van der Waals surface area contributed by atoms with Gasteiger partial charge in [-0.2, -0.15) is 0 Å². The molecule has 1 saturated carbocycles. The Hall–Kier alpha value is -1.46. The standard InChI is InChI=1S/C19H29N3O2/c1-14-6-4-8-16(20-14)11-22-10-15-7-5-9-18(17(15)12-22)24-13-19(23)21(2)3/h4,6,8,15,17-18H,5,7,9-13H2,1-3H3/t15-,17-,18-/m1/s1. The van der Waals surface area contributed by atoms with Crippen molar-refractivity contribution in [1.82, 2.24) is 14.8 Å². The zero-order chi connectivity index (χ0) is 17.1. The normalized spacial score (nSPS) is 27.0. The molecule has 0 unspecified atom stereocenters. The number of fused-ring (bicyclic) bond motifs is 1. The van der Waals surface area contributed by atoms with Gasteiger partial charge < -0.3 is 9.64 Å². The summed E-state index contributed by atoms with van der Waals surface area (Å²) in [4.78, 5) is 20.5. The van der Waals surface area contributed by atoms with Gasteiger partial charge in [0.2, 0.25) is 5.91 Å². The van der Waals surface area contributed by atoms with Crippen LogP contribution in [0.25, 0.3) is 0 Å². The molecule has 2 fully saturated rings. The Morgan fingerprint density at radius 3 is 2.92 bits per heavy atom. The highest BCUT2D eigenvalue weighted by Crippen LogP contribution is 2.38. The molecule has 1 amide bonds. The van der Waals surface area contributed by atoms with E-state index in [2.05, 4.69) is 22.0 Å². The smallest absolute Gasteiger partial charge is 0.248 e. The van der Waals surface area contributed by atoms with Crippen LogP contribution in [0.3, 0.4) is 0 Å². The second-order valence-electron chi connectivity index (χ2n) is 7.46. The molecule has 0 N–H and O–H groups in total. The number of likely N-dealkylation sites (N-methyl/N-ethyl adjacent to an activating group) is 1. The first kappa shape index (κ1) is 17.4. The lowest BCUT2D eigenvalue weighted by molar-refractivity contribution is -0.138. The lowest BCUT2D eigenvalue weighted by Crippen LogP contribution is -2.37. The number of pyridine rings is 1. The van der Waals surface area contributed by atoms with Gasteiger partial charge in [-0.1, -0.05) is 12.5 Å². The van der Waals surface area contributed by atoms with Gasteiger partial charge in [0.05, 0.1) is 11.8 Å². The Labute approximate surface area is 145 Å². The van der Waals surface area contributed by atoms with Crippen molar-refractivity contribution in [3.8, 4) is 0 Å². The fourth-order valence-corrected chi connectivity index (χ4v) is 4.07. The van der Waals surface area contributed by atoms with E-state index in [4.69, 9.17) is 4.74 Å². The molecule has 5 heteroatoms. The highest BCUT2D eigenvalue weighted by Gasteiger charge is 2.40. The molecule has 3 atom stereocenters. The van der Waals surface area contributed by atoms with Crippen LogP contribution >= 0.6 is 0 Å². The summed E-state index contributed by atoms with van der Waals surface area (Å²) in [5.41, 5.74) is 2.22. The van der Waals surface area contributed by atoms with Gasteiger partial charge in [0.25, 0.3) is 0 Å². The largest absolute Gasteiger partial charge is 0.368 e. The topological polar surface area (TPSA) is 45.7 Å². The molecule has 24 heavy (non-hydrogen) atoms. The van der Waals surface area contributed by atoms with Crippen LogP contribution < -0.4 is 0 Å². The average Bonchev–Trinajstić information content (AvgIpc) is 2.95. The van der Waals surface area contributed by atoms with Crippen molar-refractivity contribution in [3.05, 3.63) is 29.6 Å². The van der Waals surface area contributed by atoms with Gasteiger partial charge in [0.15, 0.2) is 0 Å². The number of carbonyl (C=O) groups is 1. The van der Waals surface area contributed by atoms with Crippen molar-refractivity contribution in [2.24, 2.45) is 11.8 Å². The second kappa shape index (κ2) is 7.62. The van der Waals surface area contributed by atoms with Crippen LogP contribution in [0.4, 0.5) is 0 Å². The SMILES string of the molecule is Cc1cccc(CN2C[C@H]3CCC[C@@H](OCC(=O)N(C)C)[C@@H]3C2)n1. The van der Waals surface area contributed by atoms with E-state index >= 15 is 0 Å². The molecule has 0 bridgehead atoms. The molecule has 3 rings (SSSR count). The molecule has 2 heterocycles. The van der Waals surface area contributed by atoms with Crippen molar-refractivity contribution in [2.45, 2.75) is 38.8 Å². The number of hydrogen-bond donors (Lipinski definition) is 0. The Bertz CT molecular complexity index is 575. The summed E-state index contributed by atoms with van der Waals surface area (Å²) in [6.07, 6.45) is 3.80. The summed E-state index contributed by atoms with van der Waals surface area (Å²) in [5, 5.41) is 0. The van der Waals surface area contributed by atoms with Crippen LogP contribution in [0, 0.1) is 18.8 Å². The number of hydrogen-bond acceptors (Lipinski definition) is 4. The highest BCUT2D eigenvalue weighted by molar-refractivity contribution is 5.76. The maximum Gasteiger partial charge on any atom is 0.248 e. The van der Waals surface area contributed by atoms with E-state index in [9.17, 15) is 4.79 Å². The third-order valence-electron chi connectivity index (χ3n) is 5.36. The summed E-state index contributed by atoms with van der Waals surface area (Å²) < 4.78 is 6.00. The van der Waals surface area contributed by atoms with Gasteiger partial charge in [-0.05, 0) is 37.8 Å². The molecule has 1 aromatic heterocycles. The molecule has 1 aliphatic carbocycles. The third kappa shape index (κ3) is 4.14. The first-order chi connectivity index (χ1) is 11.5. The Kier molecular flexibility index (Phi) is 5.51. The first-order valence-electron chi connectivity index (χ1n) is 8.99. The second-order valence-corrected chi connectivity index (χ2v) is 7.46. The highest BCUT2D eigenvalue weighted by atomic mass is 16.5. The molecule has 1 saturated heterocycles. The summed E-state index contributed by atoms with van der Waals surface area (Å²) in [6, 6.07) is 6.23. The monoisotopic (exact) mass is 331 g/mol. The Morgan fingerprint density at radius 1 is 1.33 bits per heavy atom. The van der Waals surface area contributed by atoms with Crippen LogP contribution in [-0.4, -0.2) is 60.6 Å². The molecule has 132 valence electrons. The van der Waals surface area contributed by atoms with E-state index < -0.39 is 0 Å². The molecule has 0 spiro atoms. The minimum atomic E-state index is 0.0518. The number of rotatable bonds is 5. The van der Waals surface area contributed by atoms with E-state index in [1.165, 1.54) is 12.8 Å². The number of aryl methyl sites for hydroxylation is 1. The van der Waals surface area contributed by atoms with E-state index in [1.807, 2.05) is 13.0 Å². The maximum absolute atomic E-state index is 11.8. The van der Waals surface area contributed by atoms with E-state index in [-0.39, 0.29) is 18.6 Å². The quantitative estimate of drug-likeness (QED) is 0.829. The zero-order valence-electron chi connectivity index (χ0n) is 15.1. The van der Waals surface area contributed by atoms with Crippen molar-refractivity contribution < 1.29 is 9.53 Å². The summed E-state index contributed by atoms with van der Waals surface area (Å²) in [6.45, 7) is 5.35. The van der Waals surface area contributed by atoms with Gasteiger partial charge in [0.1, 0.15) is 6.61 Å². The average molecular weight is 331 g/mol. The number of carbonyl (C=O) groups excluding carboxylic acids is 1. The number of aromatic nitrogens is 1. The third-order valence-corrected chi connectivity index (χ3v) is 5.36. The summed E-state index contributed by atoms with van der Waals surface area (Å²) in [5.74, 6) is 1.30. The maximum atomic E-state index is 11.8. The van der Waals surface area contributed by atoms with Gasteiger partial charge in [-0.15, -0.1) is 0 Å². The Morgan fingerprint density at radius 2 is 2.17 bits per heavy atom. The van der Waals surface area contributed by atoms with Crippen molar-refractivity contribution in [1.29, 1.82) is 0 Å². The predicted octanol–water partition coefficient (Wildman–Crippen LogP) is 2.10. The number of ether oxygens (including phenoxy) is 1. The lowest BCUT2D eigenvalue weighted by Gasteiger charge is -2.33. The fourth-order valence-electron chi connectivity index (χ4n) is 4.07. The molecule has 5 nitrogen and oxygen atoms in total. The van der Waals surface area contributed by atoms with Crippen molar-refractivity contribution >= 4 is 5.91 Å². The van der Waals surface area contributed by atoms with E-state index in [0.29, 0.717) is 11.8 Å². The van der Waals surface area contributed by atoms with Crippen LogP contribution in [0.15, 0.2) is 18.2 Å². The van der Waals surface area contributed by atoms with Gasteiger partial charge in [-0.3, -0.25) is 14.7 Å². The predicted molar refractivity (Wildman–Crippen MR) is 93.5 cm³/mol. The van der Waals surface area contributed by atoms with Gasteiger partial charge in [0, 0.05) is 45.3 Å².